The van der Waals surface area contributed by atoms with Gasteiger partial charge in [-0.3, -0.25) is 0 Å². The quantitative estimate of drug-likeness (QED) is 0.811. The summed E-state index contributed by atoms with van der Waals surface area (Å²) in [4.78, 5) is 0.117. The Morgan fingerprint density at radius 1 is 1.24 bits per heavy atom. The second-order valence-corrected chi connectivity index (χ2v) is 8.42. The standard InChI is InChI=1S/C17H17BrN2O4S/c1-11-9-16(15-10-12(18)3-8-17(15)21)20(19-11)25(22,23)14-6-4-13(24-2)5-7-14/h3-8,10,16,21H,9H2,1-2H3. The van der Waals surface area contributed by atoms with Crippen LogP contribution in [-0.4, -0.2) is 30.8 Å². The van der Waals surface area contributed by atoms with Crippen molar-refractivity contribution in [2.24, 2.45) is 5.10 Å². The maximum Gasteiger partial charge on any atom is 0.279 e. The Hall–Kier alpha value is -2.06. The number of benzene rings is 2. The van der Waals surface area contributed by atoms with Crippen molar-refractivity contribution in [2.45, 2.75) is 24.3 Å². The zero-order chi connectivity index (χ0) is 18.2. The van der Waals surface area contributed by atoms with Crippen molar-refractivity contribution in [1.29, 1.82) is 0 Å². The molecule has 1 heterocycles. The van der Waals surface area contributed by atoms with Crippen LogP contribution in [0.4, 0.5) is 0 Å². The van der Waals surface area contributed by atoms with Gasteiger partial charge in [0, 0.05) is 22.2 Å². The zero-order valence-corrected chi connectivity index (χ0v) is 16.1. The van der Waals surface area contributed by atoms with Gasteiger partial charge in [-0.2, -0.15) is 17.9 Å². The van der Waals surface area contributed by atoms with Crippen LogP contribution in [0, 0.1) is 0 Å². The van der Waals surface area contributed by atoms with Crippen molar-refractivity contribution < 1.29 is 18.3 Å². The summed E-state index contributed by atoms with van der Waals surface area (Å²) >= 11 is 3.36. The summed E-state index contributed by atoms with van der Waals surface area (Å²) in [6, 6.07) is 10.5. The molecule has 1 N–H and O–H groups in total. The molecule has 8 heteroatoms. The Labute approximate surface area is 154 Å². The molecule has 2 aromatic carbocycles. The Balaban J connectivity index is 2.04. The van der Waals surface area contributed by atoms with E-state index in [2.05, 4.69) is 21.0 Å². The van der Waals surface area contributed by atoms with Crippen LogP contribution in [0.25, 0.3) is 0 Å². The number of halogens is 1. The Kier molecular flexibility index (Phi) is 4.75. The number of rotatable bonds is 4. The van der Waals surface area contributed by atoms with E-state index in [9.17, 15) is 13.5 Å². The Morgan fingerprint density at radius 3 is 2.56 bits per heavy atom. The minimum atomic E-state index is -3.86. The van der Waals surface area contributed by atoms with Crippen LogP contribution < -0.4 is 4.74 Å². The van der Waals surface area contributed by atoms with E-state index in [-0.39, 0.29) is 10.6 Å². The van der Waals surface area contributed by atoms with Crippen molar-refractivity contribution >= 4 is 31.7 Å². The van der Waals surface area contributed by atoms with Gasteiger partial charge in [-0.1, -0.05) is 15.9 Å². The molecule has 0 radical (unpaired) electrons. The first kappa shape index (κ1) is 17.8. The molecule has 0 aliphatic carbocycles. The van der Waals surface area contributed by atoms with E-state index in [1.165, 1.54) is 25.3 Å². The SMILES string of the molecule is COc1ccc(S(=O)(=O)N2N=C(C)CC2c2cc(Br)ccc2O)cc1. The minimum absolute atomic E-state index is 0.0352. The van der Waals surface area contributed by atoms with Crippen molar-refractivity contribution in [2.75, 3.05) is 7.11 Å². The molecule has 1 aliphatic rings. The molecular formula is C17H17BrN2O4S. The monoisotopic (exact) mass is 424 g/mol. The number of methoxy groups -OCH3 is 1. The number of nitrogens with zero attached hydrogens (tertiary/aromatic N) is 2. The van der Waals surface area contributed by atoms with Gasteiger partial charge in [-0.05, 0) is 49.4 Å². The summed E-state index contributed by atoms with van der Waals surface area (Å²) in [5.74, 6) is 0.606. The summed E-state index contributed by atoms with van der Waals surface area (Å²) in [5.41, 5.74) is 1.19. The fourth-order valence-corrected chi connectivity index (χ4v) is 4.58. The van der Waals surface area contributed by atoms with Crippen molar-refractivity contribution in [1.82, 2.24) is 4.41 Å². The first-order chi connectivity index (χ1) is 11.8. The number of sulfonamides is 1. The number of aromatic hydroxyl groups is 1. The summed E-state index contributed by atoms with van der Waals surface area (Å²) in [6.45, 7) is 1.77. The van der Waals surface area contributed by atoms with Gasteiger partial charge in [0.2, 0.25) is 0 Å². The fourth-order valence-electron chi connectivity index (χ4n) is 2.73. The first-order valence-corrected chi connectivity index (χ1v) is 9.77. The molecule has 0 saturated carbocycles. The highest BCUT2D eigenvalue weighted by Crippen LogP contribution is 2.40. The van der Waals surface area contributed by atoms with Gasteiger partial charge >= 0.3 is 0 Å². The molecule has 3 rings (SSSR count). The fraction of sp³-hybridized carbons (Fsp3) is 0.235. The topological polar surface area (TPSA) is 79.2 Å². The van der Waals surface area contributed by atoms with Crippen LogP contribution in [0.15, 0.2) is 56.9 Å². The lowest BCUT2D eigenvalue weighted by Gasteiger charge is -2.24. The molecule has 6 nitrogen and oxygen atoms in total. The molecule has 1 atom stereocenters. The number of hydrogen-bond acceptors (Lipinski definition) is 5. The van der Waals surface area contributed by atoms with E-state index in [1.54, 1.807) is 31.2 Å². The highest BCUT2D eigenvalue weighted by molar-refractivity contribution is 9.10. The van der Waals surface area contributed by atoms with Crippen LogP contribution in [0.2, 0.25) is 0 Å². The average Bonchev–Trinajstić information content (AvgIpc) is 2.99. The van der Waals surface area contributed by atoms with Crippen LogP contribution >= 0.6 is 15.9 Å². The maximum absolute atomic E-state index is 13.0. The Morgan fingerprint density at radius 2 is 1.92 bits per heavy atom. The number of phenolic OH excluding ortho intramolecular Hbond substituents is 1. The van der Waals surface area contributed by atoms with E-state index in [0.29, 0.717) is 23.4 Å². The molecule has 2 aromatic rings. The van der Waals surface area contributed by atoms with Crippen molar-refractivity contribution in [3.63, 3.8) is 0 Å². The van der Waals surface area contributed by atoms with Crippen LogP contribution in [0.3, 0.4) is 0 Å². The maximum atomic E-state index is 13.0. The molecule has 1 aliphatic heterocycles. The third-order valence-electron chi connectivity index (χ3n) is 3.98. The van der Waals surface area contributed by atoms with E-state index >= 15 is 0 Å². The van der Waals surface area contributed by atoms with Gasteiger partial charge in [-0.25, -0.2) is 0 Å². The lowest BCUT2D eigenvalue weighted by molar-refractivity contribution is 0.358. The van der Waals surface area contributed by atoms with Gasteiger partial charge in [0.1, 0.15) is 11.5 Å². The molecule has 25 heavy (non-hydrogen) atoms. The molecule has 0 saturated heterocycles. The molecule has 0 spiro atoms. The van der Waals surface area contributed by atoms with Crippen molar-refractivity contribution in [3.05, 3.63) is 52.5 Å². The third kappa shape index (κ3) is 3.36. The molecule has 132 valence electrons. The van der Waals surface area contributed by atoms with Gasteiger partial charge in [0.15, 0.2) is 0 Å². The molecule has 0 fully saturated rings. The summed E-state index contributed by atoms with van der Waals surface area (Å²) < 4.78 is 33.0. The van der Waals surface area contributed by atoms with Crippen LogP contribution in [0.5, 0.6) is 11.5 Å². The number of phenols is 1. The summed E-state index contributed by atoms with van der Waals surface area (Å²) in [5, 5.41) is 14.4. The molecule has 1 unspecified atom stereocenters. The van der Waals surface area contributed by atoms with Gasteiger partial charge in [0.05, 0.1) is 18.0 Å². The molecule has 0 aromatic heterocycles. The van der Waals surface area contributed by atoms with Crippen molar-refractivity contribution in [3.8, 4) is 11.5 Å². The summed E-state index contributed by atoms with van der Waals surface area (Å²) in [6.07, 6.45) is 0.416. The number of ether oxygens (including phenoxy) is 1. The van der Waals surface area contributed by atoms with Gasteiger partial charge in [0.25, 0.3) is 10.0 Å². The smallest absolute Gasteiger partial charge is 0.279 e. The Bertz CT molecular complexity index is 926. The molecule has 0 bridgehead atoms. The second-order valence-electron chi connectivity index (χ2n) is 5.71. The number of hydrogen-bond donors (Lipinski definition) is 1. The molecule has 0 amide bonds. The van der Waals surface area contributed by atoms with E-state index < -0.39 is 16.1 Å². The predicted octanol–water partition coefficient (Wildman–Crippen LogP) is 3.67. The predicted molar refractivity (Wildman–Crippen MR) is 98.3 cm³/mol. The summed E-state index contributed by atoms with van der Waals surface area (Å²) in [7, 11) is -2.34. The minimum Gasteiger partial charge on any atom is -0.508 e. The first-order valence-electron chi connectivity index (χ1n) is 7.54. The highest BCUT2D eigenvalue weighted by Gasteiger charge is 2.37. The van der Waals surface area contributed by atoms with Gasteiger partial charge in [-0.15, -0.1) is 0 Å². The van der Waals surface area contributed by atoms with Crippen LogP contribution in [-0.2, 0) is 10.0 Å². The lowest BCUT2D eigenvalue weighted by Crippen LogP contribution is -2.27. The third-order valence-corrected chi connectivity index (χ3v) is 6.17. The largest absolute Gasteiger partial charge is 0.508 e. The van der Waals surface area contributed by atoms with Gasteiger partial charge < -0.3 is 9.84 Å². The van der Waals surface area contributed by atoms with E-state index in [0.717, 1.165) is 8.89 Å². The second kappa shape index (κ2) is 6.68. The zero-order valence-electron chi connectivity index (χ0n) is 13.7. The lowest BCUT2D eigenvalue weighted by atomic mass is 10.0. The van der Waals surface area contributed by atoms with E-state index in [4.69, 9.17) is 4.74 Å². The van der Waals surface area contributed by atoms with E-state index in [1.807, 2.05) is 0 Å². The number of hydrazone groups is 1. The normalized spacial score (nSPS) is 17.5. The van der Waals surface area contributed by atoms with Crippen LogP contribution in [0.1, 0.15) is 24.9 Å². The molecular weight excluding hydrogens is 408 g/mol. The highest BCUT2D eigenvalue weighted by atomic mass is 79.9. The average molecular weight is 425 g/mol.